The Morgan fingerprint density at radius 2 is 1.54 bits per heavy atom. The van der Waals surface area contributed by atoms with Crippen molar-refractivity contribution < 1.29 is 19.8 Å². The third-order valence-corrected chi connectivity index (χ3v) is 4.77. The summed E-state index contributed by atoms with van der Waals surface area (Å²) in [5, 5.41) is 21.4. The smallest absolute Gasteiger partial charge is 0.266 e. The first-order chi connectivity index (χ1) is 12.4. The number of phenolic OH excluding ortho intramolecular Hbond substituents is 2. The van der Waals surface area contributed by atoms with Crippen LogP contribution in [0.4, 0.5) is 0 Å². The number of benzene rings is 2. The molecule has 1 aliphatic heterocycles. The van der Waals surface area contributed by atoms with E-state index in [1.165, 1.54) is 0 Å². The number of fused-ring (bicyclic) bond motifs is 2. The Hall–Kier alpha value is -3.41. The van der Waals surface area contributed by atoms with Gasteiger partial charge < -0.3 is 10.2 Å². The highest BCUT2D eigenvalue weighted by Gasteiger charge is 2.44. The van der Waals surface area contributed by atoms with Crippen LogP contribution >= 0.6 is 0 Å². The minimum Gasteiger partial charge on any atom is -0.506 e. The molecule has 0 fully saturated rings. The first kappa shape index (κ1) is 16.1. The number of phenols is 2. The fourth-order valence-electron chi connectivity index (χ4n) is 3.40. The molecule has 2 heterocycles. The molecule has 0 radical (unpaired) electrons. The fourth-order valence-corrected chi connectivity index (χ4v) is 3.40. The summed E-state index contributed by atoms with van der Waals surface area (Å²) in [6.07, 6.45) is 0. The molecule has 0 bridgehead atoms. The van der Waals surface area contributed by atoms with Crippen LogP contribution in [0.15, 0.2) is 42.5 Å². The van der Waals surface area contributed by atoms with Crippen molar-refractivity contribution in [2.75, 3.05) is 0 Å². The zero-order chi connectivity index (χ0) is 18.6. The van der Waals surface area contributed by atoms with Gasteiger partial charge >= 0.3 is 0 Å². The first-order valence-electron chi connectivity index (χ1n) is 8.20. The predicted octanol–water partition coefficient (Wildman–Crippen LogP) is 3.31. The molecule has 1 unspecified atom stereocenters. The number of hydrogen-bond acceptors (Lipinski definition) is 5. The van der Waals surface area contributed by atoms with Gasteiger partial charge in [-0.1, -0.05) is 30.3 Å². The molecule has 130 valence electrons. The number of amides is 2. The van der Waals surface area contributed by atoms with Crippen molar-refractivity contribution in [2.24, 2.45) is 0 Å². The van der Waals surface area contributed by atoms with Gasteiger partial charge in [0.15, 0.2) is 5.75 Å². The topological polar surface area (TPSA) is 90.7 Å². The summed E-state index contributed by atoms with van der Waals surface area (Å²) < 4.78 is 0. The molecule has 4 rings (SSSR count). The second-order valence-electron chi connectivity index (χ2n) is 6.36. The monoisotopic (exact) mass is 348 g/mol. The van der Waals surface area contributed by atoms with Crippen LogP contribution in [0.5, 0.6) is 11.5 Å². The van der Waals surface area contributed by atoms with Crippen LogP contribution in [0.1, 0.15) is 44.9 Å². The molecule has 1 atom stereocenters. The Morgan fingerprint density at radius 1 is 0.923 bits per heavy atom. The predicted molar refractivity (Wildman–Crippen MR) is 95.2 cm³/mol. The van der Waals surface area contributed by atoms with E-state index in [0.717, 1.165) is 10.5 Å². The van der Waals surface area contributed by atoms with E-state index >= 15 is 0 Å². The van der Waals surface area contributed by atoms with Crippen molar-refractivity contribution in [1.82, 2.24) is 9.88 Å². The number of imide groups is 1. The Balaban J connectivity index is 1.93. The summed E-state index contributed by atoms with van der Waals surface area (Å²) in [6, 6.07) is 11.8. The summed E-state index contributed by atoms with van der Waals surface area (Å²) in [6.45, 7) is 3.47. The number of aromatic hydroxyl groups is 2. The van der Waals surface area contributed by atoms with E-state index in [2.05, 4.69) is 4.98 Å². The zero-order valence-corrected chi connectivity index (χ0v) is 14.2. The van der Waals surface area contributed by atoms with Crippen molar-refractivity contribution in [2.45, 2.75) is 19.9 Å². The number of rotatable bonds is 2. The van der Waals surface area contributed by atoms with Gasteiger partial charge in [-0.3, -0.25) is 14.5 Å². The zero-order valence-electron chi connectivity index (χ0n) is 14.2. The van der Waals surface area contributed by atoms with Crippen LogP contribution < -0.4 is 0 Å². The Kier molecular flexibility index (Phi) is 3.44. The van der Waals surface area contributed by atoms with Gasteiger partial charge in [0.2, 0.25) is 0 Å². The molecule has 26 heavy (non-hydrogen) atoms. The normalized spacial score (nSPS) is 14.8. The molecule has 0 saturated carbocycles. The van der Waals surface area contributed by atoms with Crippen molar-refractivity contribution >= 4 is 22.7 Å². The molecule has 2 N–H and O–H groups in total. The lowest BCUT2D eigenvalue weighted by Gasteiger charge is -2.22. The SMILES string of the molecule is Cc1ccc2c(O)c3c(c(O)c2n1)C(=O)N(C(C)c1ccccc1)C3=O. The maximum Gasteiger partial charge on any atom is 0.266 e. The molecule has 0 saturated heterocycles. The molecular weight excluding hydrogens is 332 g/mol. The van der Waals surface area contributed by atoms with Gasteiger partial charge in [-0.2, -0.15) is 0 Å². The molecule has 0 spiro atoms. The highest BCUT2D eigenvalue weighted by Crippen LogP contribution is 2.44. The summed E-state index contributed by atoms with van der Waals surface area (Å²) in [4.78, 5) is 31.1. The second-order valence-corrected chi connectivity index (χ2v) is 6.36. The van der Waals surface area contributed by atoms with E-state index in [1.807, 2.05) is 30.3 Å². The number of hydrogen-bond donors (Lipinski definition) is 2. The molecule has 3 aromatic rings. The van der Waals surface area contributed by atoms with Gasteiger partial charge in [0.05, 0.1) is 11.6 Å². The highest BCUT2D eigenvalue weighted by atomic mass is 16.3. The van der Waals surface area contributed by atoms with Crippen molar-refractivity contribution in [3.05, 3.63) is 64.8 Å². The molecule has 2 amide bonds. The molecule has 6 nitrogen and oxygen atoms in total. The van der Waals surface area contributed by atoms with E-state index < -0.39 is 17.9 Å². The van der Waals surface area contributed by atoms with Crippen LogP contribution in [-0.4, -0.2) is 31.9 Å². The van der Waals surface area contributed by atoms with Crippen LogP contribution in [0.3, 0.4) is 0 Å². The average Bonchev–Trinajstić information content (AvgIpc) is 2.90. The first-order valence-corrected chi connectivity index (χ1v) is 8.20. The number of pyridine rings is 1. The highest BCUT2D eigenvalue weighted by molar-refractivity contribution is 6.27. The maximum absolute atomic E-state index is 12.9. The van der Waals surface area contributed by atoms with Gasteiger partial charge in [-0.25, -0.2) is 4.98 Å². The number of aromatic nitrogens is 1. The molecule has 1 aliphatic rings. The van der Waals surface area contributed by atoms with E-state index in [4.69, 9.17) is 0 Å². The van der Waals surface area contributed by atoms with Gasteiger partial charge in [-0.15, -0.1) is 0 Å². The summed E-state index contributed by atoms with van der Waals surface area (Å²) in [5.41, 5.74) is 1.14. The van der Waals surface area contributed by atoms with E-state index in [9.17, 15) is 19.8 Å². The number of aryl methyl sites for hydroxylation is 1. The second kappa shape index (κ2) is 5.56. The summed E-state index contributed by atoms with van der Waals surface area (Å²) in [7, 11) is 0. The van der Waals surface area contributed by atoms with Crippen LogP contribution in [0.25, 0.3) is 10.9 Å². The average molecular weight is 348 g/mol. The van der Waals surface area contributed by atoms with Gasteiger partial charge in [0.1, 0.15) is 16.8 Å². The number of carbonyl (C=O) groups excluding carboxylic acids is 2. The maximum atomic E-state index is 12.9. The lowest BCUT2D eigenvalue weighted by molar-refractivity contribution is 0.0594. The summed E-state index contributed by atoms with van der Waals surface area (Å²) in [5.74, 6) is -1.98. The molecule has 6 heteroatoms. The minimum atomic E-state index is -0.639. The number of nitrogens with zero attached hydrogens (tertiary/aromatic N) is 2. The van der Waals surface area contributed by atoms with Gasteiger partial charge in [0, 0.05) is 11.1 Å². The van der Waals surface area contributed by atoms with E-state index in [-0.39, 0.29) is 33.5 Å². The van der Waals surface area contributed by atoms with Crippen molar-refractivity contribution in [3.63, 3.8) is 0 Å². The van der Waals surface area contributed by atoms with Crippen molar-refractivity contribution in [3.8, 4) is 11.5 Å². The fraction of sp³-hybridized carbons (Fsp3) is 0.150. The molecule has 0 aliphatic carbocycles. The lowest BCUT2D eigenvalue weighted by atomic mass is 10.0. The Bertz CT molecular complexity index is 1080. The van der Waals surface area contributed by atoms with Gasteiger partial charge in [0.25, 0.3) is 11.8 Å². The quantitative estimate of drug-likeness (QED) is 0.548. The largest absolute Gasteiger partial charge is 0.506 e. The molecule has 2 aromatic carbocycles. The summed E-state index contributed by atoms with van der Waals surface area (Å²) >= 11 is 0. The van der Waals surface area contributed by atoms with Crippen LogP contribution in [-0.2, 0) is 0 Å². The molecule has 1 aromatic heterocycles. The van der Waals surface area contributed by atoms with Crippen LogP contribution in [0.2, 0.25) is 0 Å². The third-order valence-electron chi connectivity index (χ3n) is 4.77. The third kappa shape index (κ3) is 2.08. The Labute approximate surface area is 149 Å². The lowest BCUT2D eigenvalue weighted by Crippen LogP contribution is -2.32. The van der Waals surface area contributed by atoms with E-state index in [0.29, 0.717) is 5.69 Å². The Morgan fingerprint density at radius 3 is 2.19 bits per heavy atom. The molecular formula is C20H16N2O4. The van der Waals surface area contributed by atoms with Crippen molar-refractivity contribution in [1.29, 1.82) is 0 Å². The minimum absolute atomic E-state index is 0.108. The van der Waals surface area contributed by atoms with Gasteiger partial charge in [-0.05, 0) is 31.5 Å². The van der Waals surface area contributed by atoms with Crippen LogP contribution in [0, 0.1) is 6.92 Å². The number of carbonyl (C=O) groups is 2. The standard InChI is InChI=1S/C20H16N2O4/c1-10-8-9-13-16(21-10)18(24)15-14(17(13)23)19(25)22(20(15)26)11(2)12-6-4-3-5-7-12/h3-9,11,23-24H,1-2H3. The van der Waals surface area contributed by atoms with E-state index in [1.54, 1.807) is 26.0 Å².